The van der Waals surface area contributed by atoms with Crippen LogP contribution >= 0.6 is 15.9 Å². The lowest BCUT2D eigenvalue weighted by molar-refractivity contribution is -0.136. The molecule has 8 nitrogen and oxygen atoms in total. The van der Waals surface area contributed by atoms with Crippen LogP contribution in [0.15, 0.2) is 59.1 Å². The highest BCUT2D eigenvalue weighted by Crippen LogP contribution is 2.29. The van der Waals surface area contributed by atoms with E-state index < -0.39 is 0 Å². The normalized spacial score (nSPS) is 18.0. The summed E-state index contributed by atoms with van der Waals surface area (Å²) in [4.78, 5) is 41.0. The van der Waals surface area contributed by atoms with E-state index in [2.05, 4.69) is 50.2 Å². The zero-order chi connectivity index (χ0) is 25.2. The molecule has 9 heteroatoms. The van der Waals surface area contributed by atoms with Crippen molar-refractivity contribution in [3.63, 3.8) is 0 Å². The molecule has 5 rings (SSSR count). The molecule has 186 valence electrons. The second-order valence-electron chi connectivity index (χ2n) is 9.38. The van der Waals surface area contributed by atoms with Crippen LogP contribution in [0.3, 0.4) is 0 Å². The molecule has 0 bridgehead atoms. The van der Waals surface area contributed by atoms with Gasteiger partial charge in [-0.3, -0.25) is 9.59 Å². The molecule has 2 aliphatic heterocycles. The predicted octanol–water partition coefficient (Wildman–Crippen LogP) is 4.30. The van der Waals surface area contributed by atoms with E-state index in [4.69, 9.17) is 4.98 Å². The monoisotopic (exact) mass is 548 g/mol. The number of anilines is 4. The largest absolute Gasteiger partial charge is 0.340 e. The van der Waals surface area contributed by atoms with Crippen LogP contribution < -0.4 is 15.1 Å². The number of halogens is 1. The maximum absolute atomic E-state index is 13.2. The van der Waals surface area contributed by atoms with Crippen molar-refractivity contribution in [2.45, 2.75) is 20.3 Å². The lowest BCUT2D eigenvalue weighted by Gasteiger charge is -2.36. The average Bonchev–Trinajstić information content (AvgIpc) is 3.26. The standard InChI is InChI=1S/C27H29BrN6O2/c1-18-6-8-22(9-7-18)30-24-14-19(2)29-27(31-24)33-12-10-32(11-13-33)26(36)20-15-25(35)34(17-20)23-5-3-4-21(28)16-23/h3-9,14,16,20H,10-13,15,17H2,1-2H3,(H,29,30,31). The molecule has 1 aromatic heterocycles. The zero-order valence-corrected chi connectivity index (χ0v) is 22.0. The molecule has 0 spiro atoms. The van der Waals surface area contributed by atoms with Crippen molar-refractivity contribution in [3.05, 3.63) is 70.3 Å². The lowest BCUT2D eigenvalue weighted by atomic mass is 10.1. The van der Waals surface area contributed by atoms with E-state index >= 15 is 0 Å². The Morgan fingerprint density at radius 2 is 1.75 bits per heavy atom. The summed E-state index contributed by atoms with van der Waals surface area (Å²) >= 11 is 3.46. The van der Waals surface area contributed by atoms with Crippen molar-refractivity contribution in [2.24, 2.45) is 5.92 Å². The van der Waals surface area contributed by atoms with Gasteiger partial charge >= 0.3 is 0 Å². The molecule has 0 radical (unpaired) electrons. The second kappa shape index (κ2) is 10.3. The highest BCUT2D eigenvalue weighted by Gasteiger charge is 2.38. The first kappa shape index (κ1) is 24.2. The predicted molar refractivity (Wildman–Crippen MR) is 145 cm³/mol. The topological polar surface area (TPSA) is 81.7 Å². The summed E-state index contributed by atoms with van der Waals surface area (Å²) in [5, 5.41) is 3.36. The van der Waals surface area contributed by atoms with Gasteiger partial charge in [0.2, 0.25) is 17.8 Å². The molecule has 0 aliphatic carbocycles. The fourth-order valence-corrected chi connectivity index (χ4v) is 5.08. The number of carbonyl (C=O) groups excluding carboxylic acids is 2. The van der Waals surface area contributed by atoms with Gasteiger partial charge in [0.15, 0.2) is 0 Å². The van der Waals surface area contributed by atoms with Gasteiger partial charge < -0.3 is 20.0 Å². The van der Waals surface area contributed by atoms with Crippen molar-refractivity contribution in [2.75, 3.05) is 47.8 Å². The molecule has 1 atom stereocenters. The van der Waals surface area contributed by atoms with Gasteiger partial charge in [0, 0.05) is 66.8 Å². The summed E-state index contributed by atoms with van der Waals surface area (Å²) in [6.45, 7) is 6.90. The minimum absolute atomic E-state index is 0.00754. The van der Waals surface area contributed by atoms with Gasteiger partial charge in [-0.05, 0) is 44.2 Å². The first-order chi connectivity index (χ1) is 17.4. The van der Waals surface area contributed by atoms with E-state index in [1.54, 1.807) is 4.90 Å². The smallest absolute Gasteiger partial charge is 0.228 e. The number of aryl methyl sites for hydroxylation is 2. The van der Waals surface area contributed by atoms with Gasteiger partial charge in [-0.25, -0.2) is 4.98 Å². The van der Waals surface area contributed by atoms with Crippen LogP contribution in [0.2, 0.25) is 0 Å². The lowest BCUT2D eigenvalue weighted by Crippen LogP contribution is -2.51. The summed E-state index contributed by atoms with van der Waals surface area (Å²) in [6, 6.07) is 17.7. The molecule has 3 aromatic rings. The van der Waals surface area contributed by atoms with Crippen LogP contribution in [0.5, 0.6) is 0 Å². The number of hydrogen-bond acceptors (Lipinski definition) is 6. The average molecular weight is 549 g/mol. The molecular weight excluding hydrogens is 520 g/mol. The molecule has 36 heavy (non-hydrogen) atoms. The highest BCUT2D eigenvalue weighted by molar-refractivity contribution is 9.10. The van der Waals surface area contributed by atoms with Crippen LogP contribution in [0.4, 0.5) is 23.1 Å². The molecule has 2 saturated heterocycles. The van der Waals surface area contributed by atoms with Gasteiger partial charge in [0.1, 0.15) is 5.82 Å². The Hall–Kier alpha value is -3.46. The molecule has 2 aliphatic rings. The Kier molecular flexibility index (Phi) is 6.91. The van der Waals surface area contributed by atoms with Crippen LogP contribution in [-0.4, -0.2) is 59.4 Å². The van der Waals surface area contributed by atoms with Crippen LogP contribution in [0.1, 0.15) is 17.7 Å². The quantitative estimate of drug-likeness (QED) is 0.511. The van der Waals surface area contributed by atoms with E-state index in [9.17, 15) is 9.59 Å². The Morgan fingerprint density at radius 3 is 2.47 bits per heavy atom. The fourth-order valence-electron chi connectivity index (χ4n) is 4.69. The van der Waals surface area contributed by atoms with Crippen LogP contribution in [0.25, 0.3) is 0 Å². The van der Waals surface area contributed by atoms with E-state index in [0.29, 0.717) is 38.7 Å². The number of nitrogens with zero attached hydrogens (tertiary/aromatic N) is 5. The Morgan fingerprint density at radius 1 is 1.00 bits per heavy atom. The van der Waals surface area contributed by atoms with E-state index in [1.165, 1.54) is 5.56 Å². The van der Waals surface area contributed by atoms with Crippen molar-refractivity contribution < 1.29 is 9.59 Å². The third kappa shape index (κ3) is 5.36. The van der Waals surface area contributed by atoms with Gasteiger partial charge in [-0.2, -0.15) is 4.98 Å². The Bertz CT molecular complexity index is 1270. The highest BCUT2D eigenvalue weighted by atomic mass is 79.9. The van der Waals surface area contributed by atoms with Crippen molar-refractivity contribution in [1.29, 1.82) is 0 Å². The minimum atomic E-state index is -0.316. The van der Waals surface area contributed by atoms with Gasteiger partial charge in [-0.15, -0.1) is 0 Å². The van der Waals surface area contributed by atoms with Gasteiger partial charge in [0.05, 0.1) is 5.92 Å². The van der Waals surface area contributed by atoms with E-state index in [0.717, 1.165) is 27.4 Å². The third-order valence-electron chi connectivity index (χ3n) is 6.63. The summed E-state index contributed by atoms with van der Waals surface area (Å²) in [5.41, 5.74) is 3.88. The number of nitrogens with one attached hydrogen (secondary N) is 1. The molecule has 1 unspecified atom stereocenters. The van der Waals surface area contributed by atoms with Gasteiger partial charge in [-0.1, -0.05) is 39.7 Å². The van der Waals surface area contributed by atoms with E-state index in [1.807, 2.05) is 54.3 Å². The number of rotatable bonds is 5. The minimum Gasteiger partial charge on any atom is -0.340 e. The number of hydrogen-bond donors (Lipinski definition) is 1. The van der Waals surface area contributed by atoms with Crippen molar-refractivity contribution in [3.8, 4) is 0 Å². The molecule has 1 N–H and O–H groups in total. The van der Waals surface area contributed by atoms with Crippen LogP contribution in [-0.2, 0) is 9.59 Å². The van der Waals surface area contributed by atoms with E-state index in [-0.39, 0.29) is 24.2 Å². The second-order valence-corrected chi connectivity index (χ2v) is 10.3. The summed E-state index contributed by atoms with van der Waals surface area (Å²) in [7, 11) is 0. The third-order valence-corrected chi connectivity index (χ3v) is 7.13. The number of amides is 2. The number of carbonyl (C=O) groups is 2. The van der Waals surface area contributed by atoms with Crippen molar-refractivity contribution >= 4 is 50.9 Å². The van der Waals surface area contributed by atoms with Gasteiger partial charge in [0.25, 0.3) is 0 Å². The number of aromatic nitrogens is 2. The molecule has 2 fully saturated rings. The first-order valence-corrected chi connectivity index (χ1v) is 12.9. The summed E-state index contributed by atoms with van der Waals surface area (Å²) in [5.74, 6) is 1.13. The zero-order valence-electron chi connectivity index (χ0n) is 20.4. The SMILES string of the molecule is Cc1ccc(Nc2cc(C)nc(N3CCN(C(=O)C4CC(=O)N(c5cccc(Br)c5)C4)CC3)n2)cc1. The maximum atomic E-state index is 13.2. The summed E-state index contributed by atoms with van der Waals surface area (Å²) in [6.07, 6.45) is 0.251. The number of piperazine rings is 1. The number of benzene rings is 2. The molecule has 2 aromatic carbocycles. The Labute approximate surface area is 219 Å². The first-order valence-electron chi connectivity index (χ1n) is 12.1. The van der Waals surface area contributed by atoms with Crippen molar-refractivity contribution in [1.82, 2.24) is 14.9 Å². The summed E-state index contributed by atoms with van der Waals surface area (Å²) < 4.78 is 0.911. The molecule has 2 amide bonds. The molecule has 0 saturated carbocycles. The van der Waals surface area contributed by atoms with Crippen LogP contribution in [0, 0.1) is 19.8 Å². The Balaban J connectivity index is 1.20. The molecular formula is C27H29BrN6O2. The molecule has 3 heterocycles. The fraction of sp³-hybridized carbons (Fsp3) is 0.333. The maximum Gasteiger partial charge on any atom is 0.228 e.